The molecule has 1 rings (SSSR count). The SMILES string of the molecule is C=C(c1ccc(C(=C(F)F)C(F)(F)F)cc1)C(F)(F)F. The van der Waals surface area contributed by atoms with E-state index in [1.165, 1.54) is 0 Å². The van der Waals surface area contributed by atoms with Gasteiger partial charge in [0.1, 0.15) is 5.57 Å². The maximum atomic E-state index is 12.4. The second-order valence-electron chi connectivity index (χ2n) is 3.69. The first kappa shape index (κ1) is 16.2. The molecular weight excluding hydrogens is 296 g/mol. The van der Waals surface area contributed by atoms with Gasteiger partial charge in [-0.1, -0.05) is 30.8 Å². The van der Waals surface area contributed by atoms with Crippen molar-refractivity contribution < 1.29 is 35.1 Å². The number of rotatable bonds is 2. The Morgan fingerprint density at radius 3 is 1.45 bits per heavy atom. The summed E-state index contributed by atoms with van der Waals surface area (Å²) in [7, 11) is 0. The van der Waals surface area contributed by atoms with Crippen molar-refractivity contribution in [1.82, 2.24) is 0 Å². The zero-order valence-electron chi connectivity index (χ0n) is 9.54. The third-order valence-electron chi connectivity index (χ3n) is 2.34. The molecule has 0 atom stereocenters. The monoisotopic (exact) mass is 302 g/mol. The van der Waals surface area contributed by atoms with Gasteiger partial charge in [-0.15, -0.1) is 0 Å². The van der Waals surface area contributed by atoms with Gasteiger partial charge in [0.05, 0.1) is 5.57 Å². The van der Waals surface area contributed by atoms with Crippen LogP contribution < -0.4 is 0 Å². The molecule has 0 fully saturated rings. The van der Waals surface area contributed by atoms with Gasteiger partial charge in [0.15, 0.2) is 0 Å². The number of halogens is 8. The van der Waals surface area contributed by atoms with E-state index < -0.39 is 40.7 Å². The van der Waals surface area contributed by atoms with Crippen molar-refractivity contribution in [3.8, 4) is 0 Å². The minimum atomic E-state index is -5.30. The lowest BCUT2D eigenvalue weighted by molar-refractivity contribution is -0.0715. The Morgan fingerprint density at radius 2 is 1.15 bits per heavy atom. The van der Waals surface area contributed by atoms with Crippen molar-refractivity contribution >= 4 is 11.1 Å². The summed E-state index contributed by atoms with van der Waals surface area (Å²) in [5, 5.41) is 0. The molecule has 0 aliphatic heterocycles. The van der Waals surface area contributed by atoms with Gasteiger partial charge in [0.25, 0.3) is 6.08 Å². The summed E-state index contributed by atoms with van der Waals surface area (Å²) in [5.74, 6) is 0. The van der Waals surface area contributed by atoms with Crippen LogP contribution in [0.1, 0.15) is 11.1 Å². The molecule has 20 heavy (non-hydrogen) atoms. The van der Waals surface area contributed by atoms with E-state index in [1.54, 1.807) is 0 Å². The van der Waals surface area contributed by atoms with Crippen LogP contribution in [0, 0.1) is 0 Å². The molecular formula is C12H6F8. The smallest absolute Gasteiger partial charge is 0.173 e. The molecule has 1 aromatic rings. The van der Waals surface area contributed by atoms with Crippen molar-refractivity contribution in [3.63, 3.8) is 0 Å². The van der Waals surface area contributed by atoms with Gasteiger partial charge in [-0.3, -0.25) is 0 Å². The van der Waals surface area contributed by atoms with Crippen LogP contribution in [0.3, 0.4) is 0 Å². The third kappa shape index (κ3) is 3.58. The van der Waals surface area contributed by atoms with E-state index in [1.807, 2.05) is 0 Å². The van der Waals surface area contributed by atoms with Gasteiger partial charge < -0.3 is 0 Å². The van der Waals surface area contributed by atoms with E-state index >= 15 is 0 Å². The van der Waals surface area contributed by atoms with Crippen LogP contribution in [-0.2, 0) is 0 Å². The summed E-state index contributed by atoms with van der Waals surface area (Å²) < 4.78 is 98.6. The van der Waals surface area contributed by atoms with Crippen LogP contribution in [-0.4, -0.2) is 12.4 Å². The van der Waals surface area contributed by atoms with Crippen LogP contribution in [0.4, 0.5) is 35.1 Å². The van der Waals surface area contributed by atoms with Crippen LogP contribution in [0.25, 0.3) is 11.1 Å². The molecule has 0 aromatic heterocycles. The van der Waals surface area contributed by atoms with Gasteiger partial charge in [0.2, 0.25) is 0 Å². The second-order valence-corrected chi connectivity index (χ2v) is 3.69. The van der Waals surface area contributed by atoms with E-state index in [9.17, 15) is 35.1 Å². The van der Waals surface area contributed by atoms with Crippen molar-refractivity contribution in [2.24, 2.45) is 0 Å². The Morgan fingerprint density at radius 1 is 0.750 bits per heavy atom. The number of hydrogen-bond acceptors (Lipinski definition) is 0. The minimum absolute atomic E-state index is 0.498. The molecule has 0 heterocycles. The predicted molar refractivity (Wildman–Crippen MR) is 56.7 cm³/mol. The van der Waals surface area contributed by atoms with Crippen molar-refractivity contribution in [3.05, 3.63) is 48.1 Å². The molecule has 0 aliphatic carbocycles. The predicted octanol–water partition coefficient (Wildman–Crippen LogP) is 5.43. The average Bonchev–Trinajstić information content (AvgIpc) is 2.25. The molecule has 8 heteroatoms. The molecule has 0 N–H and O–H groups in total. The molecule has 0 saturated carbocycles. The molecule has 0 unspecified atom stereocenters. The Labute approximate surface area is 108 Å². The van der Waals surface area contributed by atoms with Gasteiger partial charge >= 0.3 is 12.4 Å². The number of hydrogen-bond donors (Lipinski definition) is 0. The van der Waals surface area contributed by atoms with E-state index in [-0.39, 0.29) is 0 Å². The van der Waals surface area contributed by atoms with Gasteiger partial charge in [-0.05, 0) is 11.1 Å². The van der Waals surface area contributed by atoms with Crippen LogP contribution >= 0.6 is 0 Å². The van der Waals surface area contributed by atoms with Gasteiger partial charge in [-0.25, -0.2) is 0 Å². The quantitative estimate of drug-likeness (QED) is 0.639. The van der Waals surface area contributed by atoms with Crippen molar-refractivity contribution in [2.75, 3.05) is 0 Å². The molecule has 110 valence electrons. The number of allylic oxidation sites excluding steroid dienone is 2. The largest absolute Gasteiger partial charge is 0.422 e. The summed E-state index contributed by atoms with van der Waals surface area (Å²) >= 11 is 0. The standard InChI is InChI=1S/C12H6F8/c1-6(11(15,16)17)7-2-4-8(5-3-7)9(10(13)14)12(18,19)20/h2-5H,1H2. The molecule has 0 spiro atoms. The Kier molecular flexibility index (Phi) is 4.26. The van der Waals surface area contributed by atoms with Crippen molar-refractivity contribution in [2.45, 2.75) is 12.4 Å². The normalized spacial score (nSPS) is 12.2. The minimum Gasteiger partial charge on any atom is -0.173 e. The number of benzene rings is 1. The molecule has 0 aliphatic rings. The summed E-state index contributed by atoms with van der Waals surface area (Å²) in [5.41, 5.74) is -4.87. The summed E-state index contributed by atoms with van der Waals surface area (Å²) in [6.07, 6.45) is -13.0. The highest BCUT2D eigenvalue weighted by Gasteiger charge is 2.39. The fourth-order valence-corrected chi connectivity index (χ4v) is 1.38. The maximum Gasteiger partial charge on any atom is 0.422 e. The summed E-state index contributed by atoms with van der Waals surface area (Å²) in [6.45, 7) is 2.75. The van der Waals surface area contributed by atoms with E-state index in [2.05, 4.69) is 6.58 Å². The second kappa shape index (κ2) is 5.26. The van der Waals surface area contributed by atoms with E-state index in [0.29, 0.717) is 24.3 Å². The van der Waals surface area contributed by atoms with Crippen LogP contribution in [0.2, 0.25) is 0 Å². The topological polar surface area (TPSA) is 0 Å². The fourth-order valence-electron chi connectivity index (χ4n) is 1.38. The first-order valence-electron chi connectivity index (χ1n) is 4.94. The van der Waals surface area contributed by atoms with Crippen LogP contribution in [0.15, 0.2) is 36.9 Å². The van der Waals surface area contributed by atoms with E-state index in [0.717, 1.165) is 0 Å². The molecule has 0 radical (unpaired) electrons. The summed E-state index contributed by atoms with van der Waals surface area (Å²) in [4.78, 5) is 0. The van der Waals surface area contributed by atoms with Gasteiger partial charge in [-0.2, -0.15) is 35.1 Å². The molecule has 0 bridgehead atoms. The highest BCUT2D eigenvalue weighted by atomic mass is 19.4. The van der Waals surface area contributed by atoms with Crippen LogP contribution in [0.5, 0.6) is 0 Å². The average molecular weight is 302 g/mol. The highest BCUT2D eigenvalue weighted by molar-refractivity contribution is 5.73. The Balaban J connectivity index is 3.21. The lowest BCUT2D eigenvalue weighted by Gasteiger charge is -2.13. The van der Waals surface area contributed by atoms with Crippen molar-refractivity contribution in [1.29, 1.82) is 0 Å². The van der Waals surface area contributed by atoms with E-state index in [4.69, 9.17) is 0 Å². The maximum absolute atomic E-state index is 12.4. The Hall–Kier alpha value is -1.86. The molecule has 1 aromatic carbocycles. The summed E-state index contributed by atoms with van der Waals surface area (Å²) in [6, 6.07) is 2.38. The third-order valence-corrected chi connectivity index (χ3v) is 2.34. The lowest BCUT2D eigenvalue weighted by Crippen LogP contribution is -2.12. The zero-order valence-corrected chi connectivity index (χ0v) is 9.54. The first-order chi connectivity index (χ1) is 8.94. The highest BCUT2D eigenvalue weighted by Crippen LogP contribution is 2.38. The fraction of sp³-hybridized carbons (Fsp3) is 0.167. The Bertz CT molecular complexity index is 526. The first-order valence-corrected chi connectivity index (χ1v) is 4.94. The molecule has 0 saturated heterocycles. The zero-order chi connectivity index (χ0) is 15.7. The van der Waals surface area contributed by atoms with Gasteiger partial charge in [0, 0.05) is 0 Å². The molecule has 0 amide bonds. The molecule has 0 nitrogen and oxygen atoms in total. The lowest BCUT2D eigenvalue weighted by atomic mass is 10.0. The number of alkyl halides is 6.